The fourth-order valence-electron chi connectivity index (χ4n) is 4.13. The molecule has 0 aromatic heterocycles. The Morgan fingerprint density at radius 1 is 1.13 bits per heavy atom. The van der Waals surface area contributed by atoms with Gasteiger partial charge in [-0.1, -0.05) is 19.8 Å². The summed E-state index contributed by atoms with van der Waals surface area (Å²) >= 11 is 0. The minimum Gasteiger partial charge on any atom is -0.444 e. The van der Waals surface area contributed by atoms with E-state index in [4.69, 9.17) is 4.74 Å². The van der Waals surface area contributed by atoms with Gasteiger partial charge in [-0.25, -0.2) is 4.79 Å². The number of likely N-dealkylation sites (tertiary alicyclic amines) is 1. The number of piperidine rings is 1. The number of nitrogens with zero attached hydrogens (tertiary/aromatic N) is 1. The van der Waals surface area contributed by atoms with Crippen LogP contribution in [0.1, 0.15) is 66.2 Å². The van der Waals surface area contributed by atoms with Crippen molar-refractivity contribution in [2.24, 2.45) is 11.8 Å². The molecule has 0 aromatic rings. The molecule has 2 amide bonds. The van der Waals surface area contributed by atoms with Crippen LogP contribution in [0.15, 0.2) is 0 Å². The van der Waals surface area contributed by atoms with E-state index in [1.807, 2.05) is 20.8 Å². The van der Waals surface area contributed by atoms with E-state index in [0.29, 0.717) is 11.8 Å². The second-order valence-electron chi connectivity index (χ2n) is 8.68. The summed E-state index contributed by atoms with van der Waals surface area (Å²) in [6.45, 7) is 7.84. The summed E-state index contributed by atoms with van der Waals surface area (Å²) < 4.78 is 5.51. The Balaban J connectivity index is 1.61. The molecule has 5 nitrogen and oxygen atoms in total. The molecule has 1 heterocycles. The summed E-state index contributed by atoms with van der Waals surface area (Å²) in [7, 11) is 0. The molecule has 2 aliphatic carbocycles. The zero-order valence-corrected chi connectivity index (χ0v) is 14.8. The fourth-order valence-corrected chi connectivity index (χ4v) is 4.13. The van der Waals surface area contributed by atoms with E-state index in [0.717, 1.165) is 25.7 Å². The first-order valence-electron chi connectivity index (χ1n) is 9.06. The first-order valence-corrected chi connectivity index (χ1v) is 9.06. The summed E-state index contributed by atoms with van der Waals surface area (Å²) in [5.74, 6) is 1.18. The molecule has 1 N–H and O–H groups in total. The fraction of sp³-hybridized carbons (Fsp3) is 0.889. The summed E-state index contributed by atoms with van der Waals surface area (Å²) in [6, 6.07) is 0.139. The first-order chi connectivity index (χ1) is 10.7. The van der Waals surface area contributed by atoms with Crippen LogP contribution < -0.4 is 5.32 Å². The van der Waals surface area contributed by atoms with Crippen LogP contribution >= 0.6 is 0 Å². The second kappa shape index (κ2) is 5.99. The Morgan fingerprint density at radius 2 is 1.87 bits per heavy atom. The quantitative estimate of drug-likeness (QED) is 0.850. The van der Waals surface area contributed by atoms with Gasteiger partial charge >= 0.3 is 6.09 Å². The molecule has 1 aliphatic heterocycles. The van der Waals surface area contributed by atoms with Crippen LogP contribution in [0.2, 0.25) is 0 Å². The Labute approximate surface area is 139 Å². The standard InChI is InChI=1S/C18H30N2O3/c1-11-6-5-7-13(8-11)19-16(21)15-10-12-9-14(12)20(15)17(22)23-18(2,3)4/h11-15H,5-10H2,1-4H3,(H,19,21)/t11-,12-,13?,14-,15+/m1/s1. The van der Waals surface area contributed by atoms with Crippen LogP contribution in [-0.4, -0.2) is 40.6 Å². The van der Waals surface area contributed by atoms with Crippen LogP contribution in [-0.2, 0) is 9.53 Å². The second-order valence-corrected chi connectivity index (χ2v) is 8.68. The smallest absolute Gasteiger partial charge is 0.411 e. The lowest BCUT2D eigenvalue weighted by Crippen LogP contribution is -2.52. The molecule has 1 unspecified atom stereocenters. The molecule has 3 rings (SSSR count). The maximum absolute atomic E-state index is 12.7. The van der Waals surface area contributed by atoms with Crippen molar-refractivity contribution in [1.82, 2.24) is 10.2 Å². The summed E-state index contributed by atoms with van der Waals surface area (Å²) in [5, 5.41) is 3.19. The van der Waals surface area contributed by atoms with Crippen LogP contribution in [0.3, 0.4) is 0 Å². The molecular formula is C18H30N2O3. The molecule has 2 saturated carbocycles. The molecule has 5 heteroatoms. The number of nitrogens with one attached hydrogen (secondary N) is 1. The molecule has 5 atom stereocenters. The third-order valence-electron chi connectivity index (χ3n) is 5.29. The number of fused-ring (bicyclic) bond motifs is 1. The van der Waals surface area contributed by atoms with E-state index in [9.17, 15) is 9.59 Å². The SMILES string of the molecule is C[C@@H]1CCCC(NC(=O)[C@@H]2C[C@H]3C[C@H]3N2C(=O)OC(C)(C)C)C1. The summed E-state index contributed by atoms with van der Waals surface area (Å²) in [5.41, 5.74) is -0.524. The number of amides is 2. The van der Waals surface area contributed by atoms with Crippen molar-refractivity contribution in [3.63, 3.8) is 0 Å². The number of hydrogen-bond acceptors (Lipinski definition) is 3. The summed E-state index contributed by atoms with van der Waals surface area (Å²) in [6.07, 6.45) is 6.02. The highest BCUT2D eigenvalue weighted by molar-refractivity contribution is 5.87. The van der Waals surface area contributed by atoms with Crippen molar-refractivity contribution >= 4 is 12.0 Å². The lowest BCUT2D eigenvalue weighted by Gasteiger charge is -2.32. The third-order valence-corrected chi connectivity index (χ3v) is 5.29. The maximum atomic E-state index is 12.7. The van der Waals surface area contributed by atoms with Crippen molar-refractivity contribution in [1.29, 1.82) is 0 Å². The number of ether oxygens (including phenoxy) is 1. The number of hydrogen-bond donors (Lipinski definition) is 1. The molecule has 0 bridgehead atoms. The molecule has 1 saturated heterocycles. The Hall–Kier alpha value is -1.26. The third kappa shape index (κ3) is 3.81. The molecular weight excluding hydrogens is 292 g/mol. The largest absolute Gasteiger partial charge is 0.444 e. The number of carbonyl (C=O) groups is 2. The van der Waals surface area contributed by atoms with Crippen LogP contribution in [0.4, 0.5) is 4.79 Å². The van der Waals surface area contributed by atoms with Gasteiger partial charge in [0.15, 0.2) is 0 Å². The average Bonchev–Trinajstić information content (AvgIpc) is 3.06. The van der Waals surface area contributed by atoms with Gasteiger partial charge in [0.1, 0.15) is 11.6 Å². The van der Waals surface area contributed by atoms with E-state index >= 15 is 0 Å². The minimum atomic E-state index is -0.524. The van der Waals surface area contributed by atoms with Gasteiger partial charge in [-0.2, -0.15) is 0 Å². The molecule has 130 valence electrons. The topological polar surface area (TPSA) is 58.6 Å². The zero-order valence-electron chi connectivity index (χ0n) is 14.8. The average molecular weight is 322 g/mol. The highest BCUT2D eigenvalue weighted by atomic mass is 16.6. The van der Waals surface area contributed by atoms with E-state index in [1.165, 1.54) is 12.8 Å². The highest BCUT2D eigenvalue weighted by Gasteiger charge is 2.57. The Bertz CT molecular complexity index is 485. The molecule has 3 aliphatic rings. The molecule has 0 spiro atoms. The number of rotatable bonds is 2. The van der Waals surface area contributed by atoms with Crippen LogP contribution in [0.25, 0.3) is 0 Å². The van der Waals surface area contributed by atoms with Crippen molar-refractivity contribution in [2.45, 2.75) is 89.9 Å². The van der Waals surface area contributed by atoms with E-state index in [2.05, 4.69) is 12.2 Å². The monoisotopic (exact) mass is 322 g/mol. The van der Waals surface area contributed by atoms with Crippen LogP contribution in [0.5, 0.6) is 0 Å². The summed E-state index contributed by atoms with van der Waals surface area (Å²) in [4.78, 5) is 26.9. The Morgan fingerprint density at radius 3 is 2.52 bits per heavy atom. The number of carbonyl (C=O) groups excluding carboxylic acids is 2. The molecule has 23 heavy (non-hydrogen) atoms. The first kappa shape index (κ1) is 16.6. The van der Waals surface area contributed by atoms with E-state index < -0.39 is 5.60 Å². The van der Waals surface area contributed by atoms with Crippen molar-refractivity contribution < 1.29 is 14.3 Å². The van der Waals surface area contributed by atoms with Gasteiger partial charge < -0.3 is 10.1 Å². The van der Waals surface area contributed by atoms with Gasteiger partial charge in [-0.3, -0.25) is 9.69 Å². The van der Waals surface area contributed by atoms with Gasteiger partial charge in [0.05, 0.1) is 0 Å². The van der Waals surface area contributed by atoms with Gasteiger partial charge in [0, 0.05) is 12.1 Å². The zero-order chi connectivity index (χ0) is 16.8. The Kier molecular flexibility index (Phi) is 4.32. The molecule has 3 fully saturated rings. The van der Waals surface area contributed by atoms with Crippen molar-refractivity contribution in [3.05, 3.63) is 0 Å². The van der Waals surface area contributed by atoms with Gasteiger partial charge in [-0.05, 0) is 58.3 Å². The van der Waals surface area contributed by atoms with E-state index in [-0.39, 0.29) is 30.1 Å². The van der Waals surface area contributed by atoms with Gasteiger partial charge in [0.25, 0.3) is 0 Å². The lowest BCUT2D eigenvalue weighted by molar-refractivity contribution is -0.127. The predicted molar refractivity (Wildman–Crippen MR) is 87.9 cm³/mol. The predicted octanol–water partition coefficient (Wildman–Crippen LogP) is 3.08. The molecule has 0 radical (unpaired) electrons. The maximum Gasteiger partial charge on any atom is 0.411 e. The highest BCUT2D eigenvalue weighted by Crippen LogP contribution is 2.48. The molecule has 0 aromatic carbocycles. The van der Waals surface area contributed by atoms with Crippen molar-refractivity contribution in [2.75, 3.05) is 0 Å². The van der Waals surface area contributed by atoms with Crippen LogP contribution in [0, 0.1) is 11.8 Å². The lowest BCUT2D eigenvalue weighted by atomic mass is 9.87. The van der Waals surface area contributed by atoms with Gasteiger partial charge in [-0.15, -0.1) is 0 Å². The van der Waals surface area contributed by atoms with Gasteiger partial charge in [0.2, 0.25) is 5.91 Å². The minimum absolute atomic E-state index is 0.0159. The van der Waals surface area contributed by atoms with Crippen molar-refractivity contribution in [3.8, 4) is 0 Å². The van der Waals surface area contributed by atoms with E-state index in [1.54, 1.807) is 4.90 Å². The normalized spacial score (nSPS) is 36.3.